The van der Waals surface area contributed by atoms with Gasteiger partial charge in [0, 0.05) is 18.7 Å². The summed E-state index contributed by atoms with van der Waals surface area (Å²) in [6.45, 7) is 7.49. The molecule has 2 aromatic rings. The molecule has 0 radical (unpaired) electrons. The van der Waals surface area contributed by atoms with E-state index >= 15 is 0 Å². The lowest BCUT2D eigenvalue weighted by Crippen LogP contribution is -2.23. The van der Waals surface area contributed by atoms with Crippen LogP contribution in [0.1, 0.15) is 42.3 Å². The number of benzene rings is 2. The van der Waals surface area contributed by atoms with Crippen molar-refractivity contribution in [1.82, 2.24) is 5.32 Å². The first kappa shape index (κ1) is 19.8. The van der Waals surface area contributed by atoms with Crippen molar-refractivity contribution in [3.8, 4) is 11.5 Å². The minimum Gasteiger partial charge on any atom is -0.493 e. The summed E-state index contributed by atoms with van der Waals surface area (Å²) in [4.78, 5) is 12.5. The fraction of sp³-hybridized carbons (Fsp3) is 0.381. The summed E-state index contributed by atoms with van der Waals surface area (Å²) in [7, 11) is 1.56. The van der Waals surface area contributed by atoms with Crippen LogP contribution in [0.5, 0.6) is 11.5 Å². The summed E-state index contributed by atoms with van der Waals surface area (Å²) < 4.78 is 16.5. The molecule has 0 saturated carbocycles. The molecule has 2 rings (SSSR count). The van der Waals surface area contributed by atoms with Crippen molar-refractivity contribution in [2.24, 2.45) is 0 Å². The van der Waals surface area contributed by atoms with E-state index in [9.17, 15) is 4.79 Å². The number of carbonyl (C=O) groups is 1. The molecule has 0 atom stereocenters. The average Bonchev–Trinajstić information content (AvgIpc) is 2.64. The summed E-state index contributed by atoms with van der Waals surface area (Å²) in [6.07, 6.45) is 0.0328. The first-order valence-corrected chi connectivity index (χ1v) is 8.82. The Labute approximate surface area is 155 Å². The van der Waals surface area contributed by atoms with Crippen molar-refractivity contribution >= 4 is 5.91 Å². The van der Waals surface area contributed by atoms with Crippen LogP contribution in [0, 0.1) is 0 Å². The van der Waals surface area contributed by atoms with Gasteiger partial charge >= 0.3 is 0 Å². The zero-order valence-electron chi connectivity index (χ0n) is 15.9. The second kappa shape index (κ2) is 9.82. The number of nitrogens with one attached hydrogen (secondary N) is 1. The molecule has 0 aliphatic heterocycles. The van der Waals surface area contributed by atoms with Gasteiger partial charge in [-0.3, -0.25) is 4.79 Å². The molecule has 0 unspecified atom stereocenters. The van der Waals surface area contributed by atoms with Gasteiger partial charge in [-0.2, -0.15) is 0 Å². The quantitative estimate of drug-likeness (QED) is 0.738. The summed E-state index contributed by atoms with van der Waals surface area (Å²) in [5, 5.41) is 2.95. The maximum absolute atomic E-state index is 12.5. The first-order chi connectivity index (χ1) is 12.5. The van der Waals surface area contributed by atoms with Crippen LogP contribution < -0.4 is 14.8 Å². The van der Waals surface area contributed by atoms with Crippen LogP contribution in [0.25, 0.3) is 0 Å². The molecule has 5 nitrogen and oxygen atoms in total. The molecule has 0 spiro atoms. The van der Waals surface area contributed by atoms with Gasteiger partial charge < -0.3 is 19.5 Å². The number of amides is 1. The lowest BCUT2D eigenvalue weighted by Gasteiger charge is -2.15. The fourth-order valence-electron chi connectivity index (χ4n) is 2.52. The summed E-state index contributed by atoms with van der Waals surface area (Å²) in [5.41, 5.74) is 2.65. The zero-order chi connectivity index (χ0) is 18.9. The van der Waals surface area contributed by atoms with Gasteiger partial charge in [0.05, 0.1) is 19.8 Å². The van der Waals surface area contributed by atoms with E-state index in [-0.39, 0.29) is 12.0 Å². The topological polar surface area (TPSA) is 56.8 Å². The summed E-state index contributed by atoms with van der Waals surface area (Å²) >= 11 is 0. The Kier molecular flexibility index (Phi) is 7.48. The highest BCUT2D eigenvalue weighted by Crippen LogP contribution is 2.29. The van der Waals surface area contributed by atoms with Crippen molar-refractivity contribution in [2.75, 3.05) is 13.7 Å². The van der Waals surface area contributed by atoms with Gasteiger partial charge in [-0.25, -0.2) is 0 Å². The van der Waals surface area contributed by atoms with E-state index in [0.29, 0.717) is 36.8 Å². The number of rotatable bonds is 9. The molecule has 1 N–H and O–H groups in total. The second-order valence-corrected chi connectivity index (χ2v) is 6.12. The SMILES string of the molecule is CCOCc1ccccc1CNC(=O)c1ccc(OC(C)C)c(OC)c1. The van der Waals surface area contributed by atoms with Gasteiger partial charge in [-0.05, 0) is 50.1 Å². The minimum absolute atomic E-state index is 0.0328. The van der Waals surface area contributed by atoms with Crippen LogP contribution in [-0.2, 0) is 17.9 Å². The smallest absolute Gasteiger partial charge is 0.251 e. The third kappa shape index (κ3) is 5.49. The Hall–Kier alpha value is -2.53. The number of hydrogen-bond acceptors (Lipinski definition) is 4. The van der Waals surface area contributed by atoms with Crippen molar-refractivity contribution in [2.45, 2.75) is 40.0 Å². The normalized spacial score (nSPS) is 10.7. The highest BCUT2D eigenvalue weighted by molar-refractivity contribution is 5.94. The predicted octanol–water partition coefficient (Wildman–Crippen LogP) is 3.95. The molecule has 0 aliphatic carbocycles. The molecular formula is C21H27NO4. The van der Waals surface area contributed by atoms with E-state index in [4.69, 9.17) is 14.2 Å². The second-order valence-electron chi connectivity index (χ2n) is 6.12. The van der Waals surface area contributed by atoms with Gasteiger partial charge in [0.15, 0.2) is 11.5 Å². The monoisotopic (exact) mass is 357 g/mol. The fourth-order valence-corrected chi connectivity index (χ4v) is 2.52. The molecular weight excluding hydrogens is 330 g/mol. The average molecular weight is 357 g/mol. The molecule has 0 heterocycles. The van der Waals surface area contributed by atoms with E-state index in [1.165, 1.54) is 0 Å². The van der Waals surface area contributed by atoms with Crippen LogP contribution in [0.3, 0.4) is 0 Å². The molecule has 1 amide bonds. The maximum Gasteiger partial charge on any atom is 0.251 e. The Morgan fingerprint density at radius 1 is 1.08 bits per heavy atom. The Balaban J connectivity index is 2.06. The Bertz CT molecular complexity index is 728. The molecule has 0 saturated heterocycles. The summed E-state index contributed by atoms with van der Waals surface area (Å²) in [6, 6.07) is 13.1. The molecule has 0 bridgehead atoms. The lowest BCUT2D eigenvalue weighted by atomic mass is 10.1. The molecule has 0 fully saturated rings. The number of hydrogen-bond donors (Lipinski definition) is 1. The zero-order valence-corrected chi connectivity index (χ0v) is 15.9. The minimum atomic E-state index is -0.161. The van der Waals surface area contributed by atoms with Gasteiger partial charge in [0.25, 0.3) is 5.91 Å². The molecule has 5 heteroatoms. The first-order valence-electron chi connectivity index (χ1n) is 8.82. The van der Waals surface area contributed by atoms with E-state index in [1.54, 1.807) is 25.3 Å². The predicted molar refractivity (Wildman–Crippen MR) is 102 cm³/mol. The van der Waals surface area contributed by atoms with Crippen LogP contribution in [0.15, 0.2) is 42.5 Å². The van der Waals surface area contributed by atoms with Crippen LogP contribution in [0.4, 0.5) is 0 Å². The Morgan fingerprint density at radius 3 is 2.46 bits per heavy atom. The lowest BCUT2D eigenvalue weighted by molar-refractivity contribution is 0.0949. The van der Waals surface area contributed by atoms with Crippen LogP contribution in [0.2, 0.25) is 0 Å². The van der Waals surface area contributed by atoms with E-state index in [1.807, 2.05) is 45.0 Å². The van der Waals surface area contributed by atoms with Crippen LogP contribution in [-0.4, -0.2) is 25.7 Å². The summed E-state index contributed by atoms with van der Waals surface area (Å²) in [5.74, 6) is 1.01. The maximum atomic E-state index is 12.5. The van der Waals surface area contributed by atoms with E-state index in [0.717, 1.165) is 11.1 Å². The Morgan fingerprint density at radius 2 is 1.81 bits per heavy atom. The number of ether oxygens (including phenoxy) is 3. The van der Waals surface area contributed by atoms with Crippen molar-refractivity contribution < 1.29 is 19.0 Å². The third-order valence-corrected chi connectivity index (χ3v) is 3.81. The third-order valence-electron chi connectivity index (χ3n) is 3.81. The molecule has 0 aromatic heterocycles. The molecule has 140 valence electrons. The van der Waals surface area contributed by atoms with Crippen molar-refractivity contribution in [3.63, 3.8) is 0 Å². The van der Waals surface area contributed by atoms with Gasteiger partial charge in [0.2, 0.25) is 0 Å². The molecule has 26 heavy (non-hydrogen) atoms. The van der Waals surface area contributed by atoms with E-state index in [2.05, 4.69) is 5.32 Å². The molecule has 2 aromatic carbocycles. The number of methoxy groups -OCH3 is 1. The highest BCUT2D eigenvalue weighted by Gasteiger charge is 2.12. The van der Waals surface area contributed by atoms with E-state index < -0.39 is 0 Å². The van der Waals surface area contributed by atoms with Crippen molar-refractivity contribution in [3.05, 3.63) is 59.2 Å². The highest BCUT2D eigenvalue weighted by atomic mass is 16.5. The van der Waals surface area contributed by atoms with Gasteiger partial charge in [-0.1, -0.05) is 24.3 Å². The van der Waals surface area contributed by atoms with Crippen LogP contribution >= 0.6 is 0 Å². The largest absolute Gasteiger partial charge is 0.493 e. The van der Waals surface area contributed by atoms with Crippen molar-refractivity contribution in [1.29, 1.82) is 0 Å². The standard InChI is InChI=1S/C21H27NO4/c1-5-25-14-18-9-7-6-8-17(18)13-22-21(23)16-10-11-19(26-15(2)3)20(12-16)24-4/h6-12,15H,5,13-14H2,1-4H3,(H,22,23). The number of carbonyl (C=O) groups excluding carboxylic acids is 1. The van der Waals surface area contributed by atoms with Gasteiger partial charge in [0.1, 0.15) is 0 Å². The molecule has 0 aliphatic rings. The van der Waals surface area contributed by atoms with Gasteiger partial charge in [-0.15, -0.1) is 0 Å².